The fraction of sp³-hybridized carbons (Fsp3) is 0.143. The van der Waals surface area contributed by atoms with Crippen molar-refractivity contribution in [2.24, 2.45) is 0 Å². The molecule has 0 fully saturated rings. The molecule has 4 heteroatoms. The van der Waals surface area contributed by atoms with E-state index in [4.69, 9.17) is 14.2 Å². The Labute approximate surface area is 234 Å². The van der Waals surface area contributed by atoms with E-state index in [1.165, 1.54) is 15.4 Å². The number of ether oxygens (including phenoxy) is 3. The highest BCUT2D eigenvalue weighted by atomic mass is 32.2. The van der Waals surface area contributed by atoms with Crippen molar-refractivity contribution in [3.05, 3.63) is 138 Å². The van der Waals surface area contributed by atoms with Gasteiger partial charge in [0.2, 0.25) is 10.7 Å². The Bertz CT molecular complexity index is 1520. The van der Waals surface area contributed by atoms with Crippen LogP contribution in [0.4, 0.5) is 0 Å². The van der Waals surface area contributed by atoms with E-state index in [9.17, 15) is 0 Å². The third kappa shape index (κ3) is 5.50. The van der Waals surface area contributed by atoms with E-state index in [0.717, 1.165) is 32.5 Å². The molecule has 0 aliphatic carbocycles. The van der Waals surface area contributed by atoms with E-state index in [0.29, 0.717) is 0 Å². The van der Waals surface area contributed by atoms with Crippen molar-refractivity contribution in [1.29, 1.82) is 0 Å². The van der Waals surface area contributed by atoms with Crippen molar-refractivity contribution in [3.8, 4) is 5.75 Å². The summed E-state index contributed by atoms with van der Waals surface area (Å²) in [5.74, 6) is -0.157. The Morgan fingerprint density at radius 2 is 1.28 bits per heavy atom. The van der Waals surface area contributed by atoms with Crippen molar-refractivity contribution in [2.75, 3.05) is 21.3 Å². The van der Waals surface area contributed by atoms with Gasteiger partial charge in [-0.25, -0.2) is 0 Å². The van der Waals surface area contributed by atoms with E-state index in [2.05, 4.69) is 122 Å². The summed E-state index contributed by atoms with van der Waals surface area (Å²) in [6, 6.07) is 40.3. The lowest BCUT2D eigenvalue weighted by atomic mass is 9.99. The first kappa shape index (κ1) is 26.8. The minimum Gasteiger partial charge on any atom is -0.491 e. The fourth-order valence-electron chi connectivity index (χ4n) is 4.79. The van der Waals surface area contributed by atoms with Gasteiger partial charge in [0.1, 0.15) is 10.9 Å². The molecule has 0 amide bonds. The number of rotatable bonds is 9. The number of methoxy groups -OCH3 is 3. The van der Waals surface area contributed by atoms with Crippen LogP contribution >= 0.6 is 0 Å². The highest BCUT2D eigenvalue weighted by molar-refractivity contribution is 7.97. The molecule has 3 nitrogen and oxygen atoms in total. The quantitative estimate of drug-likeness (QED) is 0.141. The normalized spacial score (nSPS) is 11.9. The summed E-state index contributed by atoms with van der Waals surface area (Å²) in [5.41, 5.74) is 3.23. The summed E-state index contributed by atoms with van der Waals surface area (Å²) < 4.78 is 18.0. The van der Waals surface area contributed by atoms with Gasteiger partial charge in [0, 0.05) is 25.2 Å². The van der Waals surface area contributed by atoms with Crippen LogP contribution in [0.25, 0.3) is 16.8 Å². The van der Waals surface area contributed by atoms with E-state index in [-0.39, 0.29) is 10.9 Å². The highest BCUT2D eigenvalue weighted by Crippen LogP contribution is 2.42. The first-order valence-corrected chi connectivity index (χ1v) is 14.1. The average Bonchev–Trinajstić information content (AvgIpc) is 3.00. The second-order valence-electron chi connectivity index (χ2n) is 9.28. The standard InChI is InChI=1S/C35H33O3S/c1-26-15-17-27(18-16-26)23-24-35(37-3,38-4)29-20-21-32-28(25-29)19-22-33(36-2)34(32)39(30-11-7-5-8-12-30)31-13-9-6-10-14-31/h5-25H,1-4H3/q+1. The molecule has 0 saturated carbocycles. The lowest BCUT2D eigenvalue weighted by molar-refractivity contribution is -0.177. The smallest absolute Gasteiger partial charge is 0.216 e. The Balaban J connectivity index is 1.66. The number of hydrogen-bond donors (Lipinski definition) is 0. The Morgan fingerprint density at radius 3 is 1.85 bits per heavy atom. The molecule has 5 aromatic rings. The predicted octanol–water partition coefficient (Wildman–Crippen LogP) is 8.41. The summed E-state index contributed by atoms with van der Waals surface area (Å²) in [7, 11) is 4.73. The second-order valence-corrected chi connectivity index (χ2v) is 11.2. The molecule has 0 unspecified atom stereocenters. The maximum absolute atomic E-state index is 6.00. The van der Waals surface area contributed by atoms with Gasteiger partial charge in [0.05, 0.1) is 7.11 Å². The number of fused-ring (bicyclic) bond motifs is 1. The molecule has 0 N–H and O–H groups in total. The topological polar surface area (TPSA) is 27.7 Å². The minimum absolute atomic E-state index is 0.364. The van der Waals surface area contributed by atoms with Crippen molar-refractivity contribution in [1.82, 2.24) is 0 Å². The van der Waals surface area contributed by atoms with Crippen LogP contribution in [-0.4, -0.2) is 21.3 Å². The summed E-state index contributed by atoms with van der Waals surface area (Å²) >= 11 is 0. The van der Waals surface area contributed by atoms with Crippen LogP contribution in [0.1, 0.15) is 16.7 Å². The number of hydrogen-bond acceptors (Lipinski definition) is 3. The maximum Gasteiger partial charge on any atom is 0.216 e. The molecule has 0 heterocycles. The summed E-state index contributed by atoms with van der Waals surface area (Å²) in [6.07, 6.45) is 4.01. The second kappa shape index (κ2) is 11.9. The van der Waals surface area contributed by atoms with E-state index in [1.807, 2.05) is 12.2 Å². The minimum atomic E-state index is -1.03. The van der Waals surface area contributed by atoms with Gasteiger partial charge in [0.25, 0.3) is 0 Å². The third-order valence-corrected chi connectivity index (χ3v) is 9.21. The van der Waals surface area contributed by atoms with Gasteiger partial charge >= 0.3 is 0 Å². The maximum atomic E-state index is 6.00. The molecule has 0 radical (unpaired) electrons. The van der Waals surface area contributed by atoms with Crippen LogP contribution in [0.5, 0.6) is 5.75 Å². The largest absolute Gasteiger partial charge is 0.491 e. The molecule has 5 aromatic carbocycles. The monoisotopic (exact) mass is 533 g/mol. The van der Waals surface area contributed by atoms with Crippen LogP contribution in [0.3, 0.4) is 0 Å². The third-order valence-electron chi connectivity index (χ3n) is 6.90. The summed E-state index contributed by atoms with van der Waals surface area (Å²) in [5, 5.41) is 2.23. The molecule has 5 rings (SSSR count). The average molecular weight is 534 g/mol. The molecule has 0 saturated heterocycles. The zero-order valence-corrected chi connectivity index (χ0v) is 23.6. The molecular formula is C35H33O3S+. The first-order chi connectivity index (χ1) is 19.1. The number of aryl methyl sites for hydroxylation is 1. The Hall–Kier alpha value is -3.83. The lowest BCUT2D eigenvalue weighted by Crippen LogP contribution is -2.28. The van der Waals surface area contributed by atoms with Gasteiger partial charge in [-0.15, -0.1) is 0 Å². The van der Waals surface area contributed by atoms with Gasteiger partial charge in [-0.3, -0.25) is 0 Å². The molecule has 0 aromatic heterocycles. The van der Waals surface area contributed by atoms with E-state index in [1.54, 1.807) is 21.3 Å². The first-order valence-electron chi connectivity index (χ1n) is 12.9. The zero-order chi connectivity index (χ0) is 27.2. The van der Waals surface area contributed by atoms with Crippen LogP contribution in [0, 0.1) is 6.92 Å². The van der Waals surface area contributed by atoms with Gasteiger partial charge in [-0.2, -0.15) is 0 Å². The fourth-order valence-corrected chi connectivity index (χ4v) is 7.15. The highest BCUT2D eigenvalue weighted by Gasteiger charge is 2.35. The Morgan fingerprint density at radius 1 is 0.667 bits per heavy atom. The number of benzene rings is 5. The van der Waals surface area contributed by atoms with Crippen LogP contribution in [0.15, 0.2) is 136 Å². The lowest BCUT2D eigenvalue weighted by Gasteiger charge is -2.28. The molecule has 0 aliphatic heterocycles. The molecule has 39 heavy (non-hydrogen) atoms. The van der Waals surface area contributed by atoms with Gasteiger partial charge in [-0.1, -0.05) is 84.4 Å². The predicted molar refractivity (Wildman–Crippen MR) is 161 cm³/mol. The SMILES string of the molecule is COc1ccc2cc(C(C=Cc3ccc(C)cc3)(OC)OC)ccc2c1[S+](c1ccccc1)c1ccccc1. The van der Waals surface area contributed by atoms with Crippen molar-refractivity contribution >= 4 is 27.7 Å². The van der Waals surface area contributed by atoms with Crippen molar-refractivity contribution in [3.63, 3.8) is 0 Å². The molecule has 0 atom stereocenters. The van der Waals surface area contributed by atoms with E-state index < -0.39 is 5.79 Å². The van der Waals surface area contributed by atoms with Gasteiger partial charge < -0.3 is 14.2 Å². The van der Waals surface area contributed by atoms with Gasteiger partial charge in [0.15, 0.2) is 15.5 Å². The van der Waals surface area contributed by atoms with Crippen LogP contribution < -0.4 is 4.74 Å². The van der Waals surface area contributed by atoms with Gasteiger partial charge in [-0.05, 0) is 66.4 Å². The van der Waals surface area contributed by atoms with Crippen molar-refractivity contribution in [2.45, 2.75) is 27.4 Å². The molecule has 0 spiro atoms. The van der Waals surface area contributed by atoms with Crippen LogP contribution in [0.2, 0.25) is 0 Å². The Kier molecular flexibility index (Phi) is 8.18. The molecule has 196 valence electrons. The summed E-state index contributed by atoms with van der Waals surface area (Å²) in [4.78, 5) is 3.64. The zero-order valence-electron chi connectivity index (χ0n) is 22.8. The van der Waals surface area contributed by atoms with Crippen molar-refractivity contribution < 1.29 is 14.2 Å². The van der Waals surface area contributed by atoms with Crippen LogP contribution in [-0.2, 0) is 26.2 Å². The van der Waals surface area contributed by atoms with E-state index >= 15 is 0 Å². The molecule has 0 aliphatic rings. The molecular weight excluding hydrogens is 500 g/mol. The molecule has 0 bridgehead atoms. The summed E-state index contributed by atoms with van der Waals surface area (Å²) in [6.45, 7) is 2.08.